The van der Waals surface area contributed by atoms with Crippen molar-refractivity contribution in [1.82, 2.24) is 10.2 Å². The Labute approximate surface area is 121 Å². The van der Waals surface area contributed by atoms with Crippen LogP contribution in [0.4, 0.5) is 0 Å². The highest BCUT2D eigenvalue weighted by atomic mass is 16.7. The minimum atomic E-state index is 0.356. The largest absolute Gasteiger partial charge is 0.454 e. The van der Waals surface area contributed by atoms with E-state index in [-0.39, 0.29) is 0 Å². The molecule has 2 heterocycles. The Balaban J connectivity index is 1.54. The second-order valence-electron chi connectivity index (χ2n) is 5.90. The molecule has 1 aromatic rings. The summed E-state index contributed by atoms with van der Waals surface area (Å²) in [5.41, 5.74) is 1.34. The van der Waals surface area contributed by atoms with Gasteiger partial charge in [0, 0.05) is 19.6 Å². The van der Waals surface area contributed by atoms with E-state index in [1.807, 2.05) is 6.07 Å². The van der Waals surface area contributed by atoms with Gasteiger partial charge >= 0.3 is 0 Å². The Kier molecular flexibility index (Phi) is 4.43. The van der Waals surface area contributed by atoms with Crippen LogP contribution in [0.1, 0.15) is 18.9 Å². The molecule has 4 heteroatoms. The Bertz CT molecular complexity index is 442. The summed E-state index contributed by atoms with van der Waals surface area (Å²) in [6, 6.07) is 6.32. The summed E-state index contributed by atoms with van der Waals surface area (Å²) in [6.07, 6.45) is 2.36. The van der Waals surface area contributed by atoms with Crippen LogP contribution in [0, 0.1) is 5.92 Å². The standard InChI is InChI=1S/C16H24N2O2/c1-13(11-18-7-2-5-17-6-8-18)9-14-3-4-15-16(10-14)20-12-19-15/h3-4,10,13,17H,2,5-9,11-12H2,1H3. The minimum Gasteiger partial charge on any atom is -0.454 e. The molecule has 0 amide bonds. The molecule has 2 aliphatic rings. The second kappa shape index (κ2) is 6.46. The molecule has 0 aromatic heterocycles. The molecule has 0 spiro atoms. The highest BCUT2D eigenvalue weighted by Gasteiger charge is 2.16. The number of hydrogen-bond donors (Lipinski definition) is 1. The summed E-state index contributed by atoms with van der Waals surface area (Å²) < 4.78 is 10.8. The monoisotopic (exact) mass is 276 g/mol. The van der Waals surface area contributed by atoms with Gasteiger partial charge in [0.25, 0.3) is 0 Å². The predicted molar refractivity (Wildman–Crippen MR) is 79.4 cm³/mol. The maximum atomic E-state index is 5.45. The van der Waals surface area contributed by atoms with E-state index in [2.05, 4.69) is 29.3 Å². The van der Waals surface area contributed by atoms with Crippen molar-refractivity contribution in [3.63, 3.8) is 0 Å². The zero-order chi connectivity index (χ0) is 13.8. The molecular formula is C16H24N2O2. The molecule has 1 aromatic carbocycles. The first-order valence-corrected chi connectivity index (χ1v) is 7.63. The van der Waals surface area contributed by atoms with Gasteiger partial charge in [-0.25, -0.2) is 0 Å². The summed E-state index contributed by atoms with van der Waals surface area (Å²) >= 11 is 0. The first kappa shape index (κ1) is 13.7. The lowest BCUT2D eigenvalue weighted by atomic mass is 10.00. The van der Waals surface area contributed by atoms with Crippen molar-refractivity contribution in [3.05, 3.63) is 23.8 Å². The van der Waals surface area contributed by atoms with E-state index >= 15 is 0 Å². The Morgan fingerprint density at radius 1 is 1.20 bits per heavy atom. The van der Waals surface area contributed by atoms with E-state index in [0.29, 0.717) is 12.7 Å². The summed E-state index contributed by atoms with van der Waals surface area (Å²) in [7, 11) is 0. The van der Waals surface area contributed by atoms with Gasteiger partial charge in [-0.05, 0) is 49.5 Å². The first-order valence-electron chi connectivity index (χ1n) is 7.63. The van der Waals surface area contributed by atoms with Gasteiger partial charge in [0.1, 0.15) is 0 Å². The van der Waals surface area contributed by atoms with Crippen LogP contribution < -0.4 is 14.8 Å². The van der Waals surface area contributed by atoms with Crippen molar-refractivity contribution in [2.24, 2.45) is 5.92 Å². The quantitative estimate of drug-likeness (QED) is 0.910. The molecular weight excluding hydrogens is 252 g/mol. The number of ether oxygens (including phenoxy) is 2. The van der Waals surface area contributed by atoms with Crippen LogP contribution >= 0.6 is 0 Å². The smallest absolute Gasteiger partial charge is 0.231 e. The van der Waals surface area contributed by atoms with Crippen LogP contribution in [0.25, 0.3) is 0 Å². The van der Waals surface area contributed by atoms with Gasteiger partial charge < -0.3 is 19.7 Å². The van der Waals surface area contributed by atoms with Crippen LogP contribution in [0.2, 0.25) is 0 Å². The van der Waals surface area contributed by atoms with Gasteiger partial charge in [-0.3, -0.25) is 0 Å². The van der Waals surface area contributed by atoms with Gasteiger partial charge in [-0.1, -0.05) is 13.0 Å². The fourth-order valence-corrected chi connectivity index (χ4v) is 3.06. The molecule has 1 saturated heterocycles. The molecule has 0 saturated carbocycles. The molecule has 1 unspecified atom stereocenters. The molecule has 110 valence electrons. The average Bonchev–Trinajstić information content (AvgIpc) is 2.75. The van der Waals surface area contributed by atoms with E-state index in [9.17, 15) is 0 Å². The molecule has 1 N–H and O–H groups in total. The van der Waals surface area contributed by atoms with E-state index in [1.54, 1.807) is 0 Å². The lowest BCUT2D eigenvalue weighted by Crippen LogP contribution is -2.32. The third-order valence-corrected chi connectivity index (χ3v) is 4.02. The number of hydrogen-bond acceptors (Lipinski definition) is 4. The fourth-order valence-electron chi connectivity index (χ4n) is 3.06. The topological polar surface area (TPSA) is 33.7 Å². The summed E-state index contributed by atoms with van der Waals surface area (Å²) in [5, 5.41) is 3.46. The Morgan fingerprint density at radius 3 is 3.05 bits per heavy atom. The van der Waals surface area contributed by atoms with Crippen LogP contribution in [-0.4, -0.2) is 44.4 Å². The fraction of sp³-hybridized carbons (Fsp3) is 0.625. The van der Waals surface area contributed by atoms with Crippen LogP contribution in [0.15, 0.2) is 18.2 Å². The summed E-state index contributed by atoms with van der Waals surface area (Å²) in [4.78, 5) is 2.58. The van der Waals surface area contributed by atoms with Gasteiger partial charge in [0.2, 0.25) is 6.79 Å². The number of benzene rings is 1. The van der Waals surface area contributed by atoms with E-state index < -0.39 is 0 Å². The molecule has 20 heavy (non-hydrogen) atoms. The molecule has 1 atom stereocenters. The maximum absolute atomic E-state index is 5.45. The zero-order valence-corrected chi connectivity index (χ0v) is 12.2. The van der Waals surface area contributed by atoms with Crippen molar-refractivity contribution in [1.29, 1.82) is 0 Å². The number of rotatable bonds is 4. The first-order chi connectivity index (χ1) is 9.81. The number of nitrogens with one attached hydrogen (secondary N) is 1. The third-order valence-electron chi connectivity index (χ3n) is 4.02. The number of fused-ring (bicyclic) bond motifs is 1. The molecule has 0 aliphatic carbocycles. The van der Waals surface area contributed by atoms with Gasteiger partial charge in [0.15, 0.2) is 11.5 Å². The summed E-state index contributed by atoms with van der Waals surface area (Å²) in [5.74, 6) is 2.43. The third kappa shape index (κ3) is 3.44. The van der Waals surface area contributed by atoms with E-state index in [0.717, 1.165) is 31.0 Å². The second-order valence-corrected chi connectivity index (χ2v) is 5.90. The lowest BCUT2D eigenvalue weighted by Gasteiger charge is -2.23. The Hall–Kier alpha value is -1.26. The zero-order valence-electron chi connectivity index (χ0n) is 12.2. The molecule has 0 bridgehead atoms. The van der Waals surface area contributed by atoms with Crippen molar-refractivity contribution in [3.8, 4) is 11.5 Å². The van der Waals surface area contributed by atoms with Crippen LogP contribution in [0.3, 0.4) is 0 Å². The molecule has 1 fully saturated rings. The van der Waals surface area contributed by atoms with Crippen LogP contribution in [-0.2, 0) is 6.42 Å². The Morgan fingerprint density at radius 2 is 2.10 bits per heavy atom. The molecule has 2 aliphatic heterocycles. The lowest BCUT2D eigenvalue weighted by molar-refractivity contribution is 0.174. The van der Waals surface area contributed by atoms with E-state index in [4.69, 9.17) is 9.47 Å². The SMILES string of the molecule is CC(Cc1ccc2c(c1)OCO2)CN1CCCNCC1. The highest BCUT2D eigenvalue weighted by molar-refractivity contribution is 5.44. The minimum absolute atomic E-state index is 0.356. The molecule has 0 radical (unpaired) electrons. The molecule has 3 rings (SSSR count). The van der Waals surface area contributed by atoms with Crippen molar-refractivity contribution in [2.45, 2.75) is 19.8 Å². The number of nitrogens with zero attached hydrogens (tertiary/aromatic N) is 1. The average molecular weight is 276 g/mol. The van der Waals surface area contributed by atoms with Gasteiger partial charge in [-0.2, -0.15) is 0 Å². The van der Waals surface area contributed by atoms with Crippen LogP contribution in [0.5, 0.6) is 11.5 Å². The van der Waals surface area contributed by atoms with Crippen molar-refractivity contribution < 1.29 is 9.47 Å². The maximum Gasteiger partial charge on any atom is 0.231 e. The van der Waals surface area contributed by atoms with Gasteiger partial charge in [-0.15, -0.1) is 0 Å². The molecule has 4 nitrogen and oxygen atoms in total. The normalized spacial score (nSPS) is 20.6. The van der Waals surface area contributed by atoms with Crippen molar-refractivity contribution in [2.75, 3.05) is 39.5 Å². The highest BCUT2D eigenvalue weighted by Crippen LogP contribution is 2.33. The van der Waals surface area contributed by atoms with Crippen molar-refractivity contribution >= 4 is 0 Å². The van der Waals surface area contributed by atoms with E-state index in [1.165, 1.54) is 31.6 Å². The summed E-state index contributed by atoms with van der Waals surface area (Å²) in [6.45, 7) is 8.54. The van der Waals surface area contributed by atoms with Gasteiger partial charge in [0.05, 0.1) is 0 Å². The predicted octanol–water partition coefficient (Wildman–Crippen LogP) is 1.89.